The quantitative estimate of drug-likeness (QED) is 0.637. The normalized spacial score (nSPS) is 12.8. The summed E-state index contributed by atoms with van der Waals surface area (Å²) >= 11 is 1.17. The molecule has 5 N–H and O–H groups in total. The Morgan fingerprint density at radius 3 is 2.92 bits per heavy atom. The van der Waals surface area contributed by atoms with E-state index in [0.717, 1.165) is 0 Å². The highest BCUT2D eigenvalue weighted by atomic mass is 32.1. The number of nitrogens with two attached hydrogens (primary N) is 2. The van der Waals surface area contributed by atoms with Gasteiger partial charge in [-0.2, -0.15) is 0 Å². The number of carbonyl (C=O) groups is 1. The summed E-state index contributed by atoms with van der Waals surface area (Å²) in [6.07, 6.45) is 0. The zero-order valence-electron chi connectivity index (χ0n) is 6.36. The van der Waals surface area contributed by atoms with Crippen molar-refractivity contribution >= 4 is 17.3 Å². The van der Waals surface area contributed by atoms with Gasteiger partial charge in [-0.05, 0) is 17.0 Å². The fourth-order valence-corrected chi connectivity index (χ4v) is 1.72. The van der Waals surface area contributed by atoms with E-state index in [4.69, 9.17) is 16.6 Å². The van der Waals surface area contributed by atoms with Crippen molar-refractivity contribution < 1.29 is 9.90 Å². The molecule has 4 nitrogen and oxygen atoms in total. The van der Waals surface area contributed by atoms with Gasteiger partial charge in [-0.25, -0.2) is 4.79 Å². The molecule has 0 aliphatic rings. The van der Waals surface area contributed by atoms with Gasteiger partial charge in [0, 0.05) is 12.6 Å². The van der Waals surface area contributed by atoms with Gasteiger partial charge in [-0.1, -0.05) is 0 Å². The van der Waals surface area contributed by atoms with Crippen molar-refractivity contribution in [1.82, 2.24) is 0 Å². The second-order valence-corrected chi connectivity index (χ2v) is 3.27. The molecule has 0 spiro atoms. The van der Waals surface area contributed by atoms with Crippen molar-refractivity contribution in [1.29, 1.82) is 0 Å². The minimum Gasteiger partial charge on any atom is -0.477 e. The minimum absolute atomic E-state index is 0.261. The van der Waals surface area contributed by atoms with Crippen LogP contribution in [0, 0.1) is 0 Å². The summed E-state index contributed by atoms with van der Waals surface area (Å²) in [6.45, 7) is 0.261. The highest BCUT2D eigenvalue weighted by Crippen LogP contribution is 2.21. The molecular formula is C7H10N2O2S. The monoisotopic (exact) mass is 186 g/mol. The Kier molecular flexibility index (Phi) is 2.80. The Bertz CT molecular complexity index is 285. The fourth-order valence-electron chi connectivity index (χ4n) is 0.912. The molecule has 1 aromatic heterocycles. The van der Waals surface area contributed by atoms with Gasteiger partial charge in [0.1, 0.15) is 4.88 Å². The summed E-state index contributed by atoms with van der Waals surface area (Å²) in [6, 6.07) is 1.33. The van der Waals surface area contributed by atoms with Gasteiger partial charge in [0.2, 0.25) is 0 Å². The van der Waals surface area contributed by atoms with E-state index in [0.29, 0.717) is 5.56 Å². The van der Waals surface area contributed by atoms with Crippen LogP contribution >= 0.6 is 11.3 Å². The van der Waals surface area contributed by atoms with Gasteiger partial charge in [0.25, 0.3) is 0 Å². The van der Waals surface area contributed by atoms with Crippen LogP contribution in [0.25, 0.3) is 0 Å². The van der Waals surface area contributed by atoms with E-state index in [2.05, 4.69) is 0 Å². The second kappa shape index (κ2) is 3.66. The van der Waals surface area contributed by atoms with E-state index >= 15 is 0 Å². The molecule has 0 unspecified atom stereocenters. The van der Waals surface area contributed by atoms with Gasteiger partial charge in [-0.3, -0.25) is 0 Å². The number of carboxylic acids is 1. The van der Waals surface area contributed by atoms with Gasteiger partial charge in [0.05, 0.1) is 0 Å². The SMILES string of the molecule is NC[C@@H](N)c1ccsc1C(=O)O. The van der Waals surface area contributed by atoms with E-state index in [1.54, 1.807) is 11.4 Å². The third-order valence-electron chi connectivity index (χ3n) is 1.54. The van der Waals surface area contributed by atoms with E-state index in [-0.39, 0.29) is 17.5 Å². The Balaban J connectivity index is 2.98. The molecule has 0 aliphatic heterocycles. The first-order valence-electron chi connectivity index (χ1n) is 3.43. The lowest BCUT2D eigenvalue weighted by molar-refractivity contribution is 0.0700. The standard InChI is InChI=1S/C7H10N2O2S/c8-3-5(9)4-1-2-12-6(4)7(10)11/h1-2,5H,3,8-9H2,(H,10,11)/t5-/m1/s1. The molecule has 1 heterocycles. The first-order chi connectivity index (χ1) is 5.66. The number of thiophene rings is 1. The summed E-state index contributed by atoms with van der Waals surface area (Å²) in [5.41, 5.74) is 11.5. The third-order valence-corrected chi connectivity index (χ3v) is 2.46. The lowest BCUT2D eigenvalue weighted by Gasteiger charge is -2.06. The molecule has 1 atom stereocenters. The van der Waals surface area contributed by atoms with Crippen LogP contribution in [-0.4, -0.2) is 17.6 Å². The first kappa shape index (κ1) is 9.18. The van der Waals surface area contributed by atoms with Gasteiger partial charge in [0.15, 0.2) is 0 Å². The molecule has 1 aromatic rings. The van der Waals surface area contributed by atoms with E-state index in [9.17, 15) is 4.79 Å². The predicted octanol–water partition coefficient (Wildman–Crippen LogP) is 0.405. The second-order valence-electron chi connectivity index (χ2n) is 2.35. The van der Waals surface area contributed by atoms with Crippen LogP contribution in [0.4, 0.5) is 0 Å². The maximum Gasteiger partial charge on any atom is 0.346 e. The first-order valence-corrected chi connectivity index (χ1v) is 4.31. The highest BCUT2D eigenvalue weighted by molar-refractivity contribution is 7.12. The van der Waals surface area contributed by atoms with E-state index < -0.39 is 5.97 Å². The van der Waals surface area contributed by atoms with Crippen LogP contribution < -0.4 is 11.5 Å². The zero-order chi connectivity index (χ0) is 9.14. The molecule has 0 fully saturated rings. The topological polar surface area (TPSA) is 89.3 Å². The Morgan fingerprint density at radius 2 is 2.42 bits per heavy atom. The van der Waals surface area contributed by atoms with Crippen LogP contribution in [0.15, 0.2) is 11.4 Å². The van der Waals surface area contributed by atoms with E-state index in [1.807, 2.05) is 0 Å². The molecule has 66 valence electrons. The molecule has 0 radical (unpaired) electrons. The van der Waals surface area contributed by atoms with Crippen LogP contribution in [0.2, 0.25) is 0 Å². The summed E-state index contributed by atoms with van der Waals surface area (Å²) in [5, 5.41) is 10.4. The maximum atomic E-state index is 10.6. The third kappa shape index (κ3) is 1.63. The average Bonchev–Trinajstić information content (AvgIpc) is 2.50. The van der Waals surface area contributed by atoms with Crippen molar-refractivity contribution in [2.75, 3.05) is 6.54 Å². The van der Waals surface area contributed by atoms with Crippen LogP contribution in [0.1, 0.15) is 21.3 Å². The predicted molar refractivity (Wildman–Crippen MR) is 47.3 cm³/mol. The van der Waals surface area contributed by atoms with Gasteiger partial charge >= 0.3 is 5.97 Å². The summed E-state index contributed by atoms with van der Waals surface area (Å²) < 4.78 is 0. The summed E-state index contributed by atoms with van der Waals surface area (Å²) in [4.78, 5) is 10.9. The highest BCUT2D eigenvalue weighted by Gasteiger charge is 2.15. The van der Waals surface area contributed by atoms with Crippen molar-refractivity contribution in [3.63, 3.8) is 0 Å². The lowest BCUT2D eigenvalue weighted by Crippen LogP contribution is -2.21. The lowest BCUT2D eigenvalue weighted by atomic mass is 10.1. The Morgan fingerprint density at radius 1 is 1.75 bits per heavy atom. The number of rotatable bonds is 3. The van der Waals surface area contributed by atoms with Gasteiger partial charge < -0.3 is 16.6 Å². The smallest absolute Gasteiger partial charge is 0.346 e. The summed E-state index contributed by atoms with van der Waals surface area (Å²) in [7, 11) is 0. The van der Waals surface area contributed by atoms with Crippen LogP contribution in [0.3, 0.4) is 0 Å². The zero-order valence-corrected chi connectivity index (χ0v) is 7.17. The average molecular weight is 186 g/mol. The number of hydrogen-bond acceptors (Lipinski definition) is 4. The van der Waals surface area contributed by atoms with Crippen molar-refractivity contribution in [3.05, 3.63) is 21.9 Å². The number of aromatic carboxylic acids is 1. The molecule has 0 aromatic carbocycles. The largest absolute Gasteiger partial charge is 0.477 e. The molecule has 1 rings (SSSR count). The molecule has 5 heteroatoms. The molecular weight excluding hydrogens is 176 g/mol. The number of hydrogen-bond donors (Lipinski definition) is 3. The molecule has 0 bridgehead atoms. The van der Waals surface area contributed by atoms with Crippen molar-refractivity contribution in [2.45, 2.75) is 6.04 Å². The summed E-state index contributed by atoms with van der Waals surface area (Å²) in [5.74, 6) is -0.941. The number of carboxylic acid groups (broad SMARTS) is 1. The van der Waals surface area contributed by atoms with Crippen LogP contribution in [0.5, 0.6) is 0 Å². The van der Waals surface area contributed by atoms with Crippen LogP contribution in [-0.2, 0) is 0 Å². The Labute approximate surface area is 73.8 Å². The fraction of sp³-hybridized carbons (Fsp3) is 0.286. The Hall–Kier alpha value is -0.910. The van der Waals surface area contributed by atoms with Gasteiger partial charge in [-0.15, -0.1) is 11.3 Å². The molecule has 0 saturated carbocycles. The molecule has 12 heavy (non-hydrogen) atoms. The van der Waals surface area contributed by atoms with E-state index in [1.165, 1.54) is 11.3 Å². The van der Waals surface area contributed by atoms with Crippen molar-refractivity contribution in [3.8, 4) is 0 Å². The molecule has 0 saturated heterocycles. The molecule has 0 aliphatic carbocycles. The minimum atomic E-state index is -0.941. The maximum absolute atomic E-state index is 10.6. The molecule has 0 amide bonds. The van der Waals surface area contributed by atoms with Crippen molar-refractivity contribution in [2.24, 2.45) is 11.5 Å².